The molecule has 4 aliphatic rings. The first kappa shape index (κ1) is 45.1. The standard InChI is InChI=1S/C35H42N6O18/c42-23(9-15-38-25(44)1-2-26(38)45)36-13-11-35(12-14-37-24(43)10-16-39-27(46)3-4-28(39)47,21-54-17-19-56-33(52)58-40-29(48)5-6-30(40)49)22-55-18-20-57-34(53)59-41-31(50)7-8-32(41)51/h1-4H,5-22H2,(H,36,42)(H,37,43). The first-order chi connectivity index (χ1) is 28.2. The zero-order valence-corrected chi connectivity index (χ0v) is 31.7. The Labute approximate surface area is 334 Å². The van der Waals surface area contributed by atoms with Gasteiger partial charge in [-0.3, -0.25) is 67.4 Å². The molecule has 2 N–H and O–H groups in total. The van der Waals surface area contributed by atoms with Crippen LogP contribution in [0.3, 0.4) is 0 Å². The van der Waals surface area contributed by atoms with Crippen LogP contribution in [0.5, 0.6) is 0 Å². The topological polar surface area (TPSA) is 297 Å². The molecule has 0 aromatic rings. The molecule has 2 fully saturated rings. The van der Waals surface area contributed by atoms with Gasteiger partial charge in [0.25, 0.3) is 47.3 Å². The highest BCUT2D eigenvalue weighted by molar-refractivity contribution is 6.13. The van der Waals surface area contributed by atoms with Gasteiger partial charge < -0.3 is 29.6 Å². The van der Waals surface area contributed by atoms with Gasteiger partial charge in [-0.15, -0.1) is 0 Å². The molecule has 4 heterocycles. The maximum absolute atomic E-state index is 12.7. The number of hydrogen-bond donors (Lipinski definition) is 2. The molecule has 24 nitrogen and oxygen atoms in total. The molecular formula is C35H42N6O18. The van der Waals surface area contributed by atoms with Crippen LogP contribution in [0.1, 0.15) is 51.4 Å². The van der Waals surface area contributed by atoms with Crippen LogP contribution in [0.2, 0.25) is 0 Å². The van der Waals surface area contributed by atoms with Gasteiger partial charge in [0.2, 0.25) is 11.8 Å². The molecule has 2 saturated heterocycles. The van der Waals surface area contributed by atoms with Crippen LogP contribution in [-0.2, 0) is 76.6 Å². The number of hydrogen-bond acceptors (Lipinski definition) is 18. The summed E-state index contributed by atoms with van der Waals surface area (Å²) in [5, 5.41) is 5.99. The molecule has 10 amide bonds. The summed E-state index contributed by atoms with van der Waals surface area (Å²) >= 11 is 0. The van der Waals surface area contributed by atoms with E-state index >= 15 is 0 Å². The Morgan fingerprint density at radius 3 is 1.20 bits per heavy atom. The van der Waals surface area contributed by atoms with Gasteiger partial charge in [-0.05, 0) is 12.8 Å². The second-order valence-electron chi connectivity index (χ2n) is 13.2. The molecule has 320 valence electrons. The molecule has 0 aromatic carbocycles. The van der Waals surface area contributed by atoms with Gasteiger partial charge in [0.15, 0.2) is 0 Å². The fourth-order valence-electron chi connectivity index (χ4n) is 5.76. The summed E-state index contributed by atoms with van der Waals surface area (Å²) in [5.74, 6) is -6.09. The molecule has 0 spiro atoms. The first-order valence-corrected chi connectivity index (χ1v) is 18.3. The number of rotatable bonds is 24. The van der Waals surface area contributed by atoms with Crippen molar-refractivity contribution in [3.05, 3.63) is 24.3 Å². The van der Waals surface area contributed by atoms with Crippen LogP contribution >= 0.6 is 0 Å². The molecule has 4 rings (SSSR count). The van der Waals surface area contributed by atoms with E-state index in [-0.39, 0.29) is 104 Å². The molecule has 0 aromatic heterocycles. The lowest BCUT2D eigenvalue weighted by Crippen LogP contribution is -2.41. The predicted molar refractivity (Wildman–Crippen MR) is 187 cm³/mol. The normalized spacial score (nSPS) is 16.5. The zero-order valence-electron chi connectivity index (χ0n) is 31.7. The van der Waals surface area contributed by atoms with E-state index in [2.05, 4.69) is 20.3 Å². The second kappa shape index (κ2) is 21.8. The fraction of sp³-hybridized carbons (Fsp3) is 0.543. The minimum Gasteiger partial charge on any atom is -0.430 e. The summed E-state index contributed by atoms with van der Waals surface area (Å²) in [6.45, 7) is -2.03. The number of imide groups is 4. The maximum atomic E-state index is 12.7. The number of hydroxylamine groups is 4. The summed E-state index contributed by atoms with van der Waals surface area (Å²) in [6.07, 6.45) is 0.956. The Morgan fingerprint density at radius 1 is 0.525 bits per heavy atom. The van der Waals surface area contributed by atoms with Crippen molar-refractivity contribution >= 4 is 71.4 Å². The Balaban J connectivity index is 1.35. The first-order valence-electron chi connectivity index (χ1n) is 18.3. The number of nitrogens with one attached hydrogen (secondary N) is 2. The summed E-state index contributed by atoms with van der Waals surface area (Å²) in [5.41, 5.74) is -1.07. The second-order valence-corrected chi connectivity index (χ2v) is 13.2. The van der Waals surface area contributed by atoms with Crippen molar-refractivity contribution in [2.75, 3.05) is 65.8 Å². The van der Waals surface area contributed by atoms with E-state index in [1.807, 2.05) is 0 Å². The number of ether oxygens (including phenoxy) is 4. The van der Waals surface area contributed by atoms with Crippen molar-refractivity contribution in [2.24, 2.45) is 5.41 Å². The van der Waals surface area contributed by atoms with Gasteiger partial charge in [-0.25, -0.2) is 9.59 Å². The van der Waals surface area contributed by atoms with Crippen molar-refractivity contribution in [2.45, 2.75) is 51.4 Å². The van der Waals surface area contributed by atoms with Crippen LogP contribution in [-0.4, -0.2) is 157 Å². The van der Waals surface area contributed by atoms with Gasteiger partial charge in [-0.2, -0.15) is 0 Å². The van der Waals surface area contributed by atoms with Gasteiger partial charge >= 0.3 is 12.3 Å². The Morgan fingerprint density at radius 2 is 0.864 bits per heavy atom. The summed E-state index contributed by atoms with van der Waals surface area (Å²) in [4.78, 5) is 155. The van der Waals surface area contributed by atoms with Crippen molar-refractivity contribution in [3.8, 4) is 0 Å². The minimum absolute atomic E-state index is 0.0206. The van der Waals surface area contributed by atoms with E-state index in [0.717, 1.165) is 34.1 Å². The lowest BCUT2D eigenvalue weighted by Gasteiger charge is -2.34. The summed E-state index contributed by atoms with van der Waals surface area (Å²) in [7, 11) is 0. The lowest BCUT2D eigenvalue weighted by molar-refractivity contribution is -0.178. The molecule has 24 heteroatoms. The van der Waals surface area contributed by atoms with E-state index < -0.39 is 90.0 Å². The molecule has 0 saturated carbocycles. The zero-order chi connectivity index (χ0) is 43.0. The Bertz CT molecular complexity index is 1580. The third-order valence-electron chi connectivity index (χ3n) is 8.94. The monoisotopic (exact) mass is 834 g/mol. The average molecular weight is 835 g/mol. The van der Waals surface area contributed by atoms with Crippen LogP contribution in [0, 0.1) is 5.41 Å². The van der Waals surface area contributed by atoms with Gasteiger partial charge in [-0.1, -0.05) is 10.1 Å². The molecule has 0 aliphatic carbocycles. The van der Waals surface area contributed by atoms with E-state index in [4.69, 9.17) is 18.9 Å². The minimum atomic E-state index is -1.34. The quantitative estimate of drug-likeness (QED) is 0.0609. The maximum Gasteiger partial charge on any atom is 0.534 e. The highest BCUT2D eigenvalue weighted by Crippen LogP contribution is 2.28. The van der Waals surface area contributed by atoms with E-state index in [1.165, 1.54) is 0 Å². The smallest absolute Gasteiger partial charge is 0.430 e. The SMILES string of the molecule is O=C(CCN1C(=O)C=CC1=O)NCCC(CCNC(=O)CCN1C(=O)C=CC1=O)(COCCOC(=O)ON1C(=O)CCC1=O)COCCOC(=O)ON1C(=O)CCC1=O. The summed E-state index contributed by atoms with van der Waals surface area (Å²) in [6, 6.07) is 0. The number of carbonyl (C=O) groups excluding carboxylic acids is 12. The molecule has 0 unspecified atom stereocenters. The predicted octanol–water partition coefficient (Wildman–Crippen LogP) is -1.92. The van der Waals surface area contributed by atoms with Crippen molar-refractivity contribution < 1.29 is 86.2 Å². The highest BCUT2D eigenvalue weighted by Gasteiger charge is 2.35. The van der Waals surface area contributed by atoms with Crippen LogP contribution in [0.25, 0.3) is 0 Å². The van der Waals surface area contributed by atoms with Crippen LogP contribution in [0.15, 0.2) is 24.3 Å². The molecule has 0 radical (unpaired) electrons. The van der Waals surface area contributed by atoms with E-state index in [9.17, 15) is 57.5 Å². The van der Waals surface area contributed by atoms with Crippen LogP contribution < -0.4 is 10.6 Å². The average Bonchev–Trinajstić information content (AvgIpc) is 3.91. The number of carbonyl (C=O) groups is 12. The molecule has 0 bridgehead atoms. The fourth-order valence-corrected chi connectivity index (χ4v) is 5.76. The van der Waals surface area contributed by atoms with Crippen molar-refractivity contribution in [1.29, 1.82) is 0 Å². The van der Waals surface area contributed by atoms with Crippen LogP contribution in [0.4, 0.5) is 9.59 Å². The van der Waals surface area contributed by atoms with Crippen molar-refractivity contribution in [3.63, 3.8) is 0 Å². The third-order valence-corrected chi connectivity index (χ3v) is 8.94. The lowest BCUT2D eigenvalue weighted by atomic mass is 9.82. The van der Waals surface area contributed by atoms with Gasteiger partial charge in [0.1, 0.15) is 13.2 Å². The third kappa shape index (κ3) is 13.8. The highest BCUT2D eigenvalue weighted by atomic mass is 16.8. The molecule has 4 aliphatic heterocycles. The number of nitrogens with zero attached hydrogens (tertiary/aromatic N) is 4. The number of amides is 10. The Kier molecular flexibility index (Phi) is 16.7. The molecule has 0 atom stereocenters. The molecule has 59 heavy (non-hydrogen) atoms. The summed E-state index contributed by atoms with van der Waals surface area (Å²) < 4.78 is 21.4. The van der Waals surface area contributed by atoms with Crippen molar-refractivity contribution in [1.82, 2.24) is 30.6 Å². The van der Waals surface area contributed by atoms with E-state index in [0.29, 0.717) is 10.1 Å². The van der Waals surface area contributed by atoms with E-state index in [1.54, 1.807) is 0 Å². The molecular weight excluding hydrogens is 792 g/mol. The Hall–Kier alpha value is -6.56. The van der Waals surface area contributed by atoms with Gasteiger partial charge in [0.05, 0.1) is 26.4 Å². The van der Waals surface area contributed by atoms with Gasteiger partial charge in [0, 0.05) is 94.4 Å². The largest absolute Gasteiger partial charge is 0.534 e.